The Morgan fingerprint density at radius 2 is 1.68 bits per heavy atom. The second-order valence-corrected chi connectivity index (χ2v) is 9.33. The SMILES string of the molecule is CCOc1ccc(OCCC(=O)N2CCN(S(=O)(=O)c3cccs3)CC2)cc1. The molecule has 1 aliphatic heterocycles. The van der Waals surface area contributed by atoms with E-state index in [0.717, 1.165) is 5.75 Å². The summed E-state index contributed by atoms with van der Waals surface area (Å²) in [5.41, 5.74) is 0. The zero-order chi connectivity index (χ0) is 20.0. The quantitative estimate of drug-likeness (QED) is 0.651. The molecule has 0 spiro atoms. The van der Waals surface area contributed by atoms with Crippen LogP contribution in [0.25, 0.3) is 0 Å². The van der Waals surface area contributed by atoms with Gasteiger partial charge in [-0.05, 0) is 42.6 Å². The van der Waals surface area contributed by atoms with Gasteiger partial charge in [-0.1, -0.05) is 6.07 Å². The molecule has 1 fully saturated rings. The minimum Gasteiger partial charge on any atom is -0.494 e. The number of amides is 1. The van der Waals surface area contributed by atoms with Crippen LogP contribution in [0.5, 0.6) is 11.5 Å². The number of thiophene rings is 1. The summed E-state index contributed by atoms with van der Waals surface area (Å²) < 4.78 is 37.8. The fourth-order valence-electron chi connectivity index (χ4n) is 2.93. The zero-order valence-corrected chi connectivity index (χ0v) is 17.4. The first-order chi connectivity index (χ1) is 13.5. The summed E-state index contributed by atoms with van der Waals surface area (Å²) in [4.78, 5) is 14.1. The van der Waals surface area contributed by atoms with Gasteiger partial charge in [0.25, 0.3) is 10.0 Å². The topological polar surface area (TPSA) is 76.2 Å². The smallest absolute Gasteiger partial charge is 0.252 e. The Labute approximate surface area is 169 Å². The highest BCUT2D eigenvalue weighted by molar-refractivity contribution is 7.91. The first kappa shape index (κ1) is 20.6. The number of rotatable bonds is 8. The Morgan fingerprint density at radius 1 is 1.04 bits per heavy atom. The maximum Gasteiger partial charge on any atom is 0.252 e. The second-order valence-electron chi connectivity index (χ2n) is 6.22. The molecule has 0 saturated carbocycles. The normalized spacial score (nSPS) is 15.4. The van der Waals surface area contributed by atoms with Crippen molar-refractivity contribution in [3.8, 4) is 11.5 Å². The minimum atomic E-state index is -3.45. The van der Waals surface area contributed by atoms with Crippen LogP contribution in [-0.4, -0.2) is 62.9 Å². The summed E-state index contributed by atoms with van der Waals surface area (Å²) >= 11 is 1.21. The molecular weight excluding hydrogens is 400 g/mol. The maximum atomic E-state index is 12.5. The lowest BCUT2D eigenvalue weighted by Gasteiger charge is -2.33. The van der Waals surface area contributed by atoms with Crippen molar-refractivity contribution in [2.45, 2.75) is 17.6 Å². The molecule has 1 amide bonds. The molecule has 0 atom stereocenters. The molecule has 1 aromatic carbocycles. The number of sulfonamides is 1. The molecule has 0 unspecified atom stereocenters. The van der Waals surface area contributed by atoms with E-state index < -0.39 is 10.0 Å². The van der Waals surface area contributed by atoms with Crippen LogP contribution in [0.3, 0.4) is 0 Å². The van der Waals surface area contributed by atoms with Crippen LogP contribution in [0.15, 0.2) is 46.0 Å². The van der Waals surface area contributed by atoms with Gasteiger partial charge in [0.15, 0.2) is 0 Å². The molecule has 1 aliphatic rings. The molecular formula is C19H24N2O5S2. The van der Waals surface area contributed by atoms with Gasteiger partial charge in [-0.3, -0.25) is 4.79 Å². The van der Waals surface area contributed by atoms with Gasteiger partial charge in [0.1, 0.15) is 15.7 Å². The monoisotopic (exact) mass is 424 g/mol. The van der Waals surface area contributed by atoms with Crippen molar-refractivity contribution >= 4 is 27.3 Å². The summed E-state index contributed by atoms with van der Waals surface area (Å²) in [6.45, 7) is 4.22. The third-order valence-corrected chi connectivity index (χ3v) is 7.67. The molecule has 0 bridgehead atoms. The van der Waals surface area contributed by atoms with Crippen molar-refractivity contribution < 1.29 is 22.7 Å². The van der Waals surface area contributed by atoms with Crippen LogP contribution in [-0.2, 0) is 14.8 Å². The fourth-order valence-corrected chi connectivity index (χ4v) is 5.50. The highest BCUT2D eigenvalue weighted by Crippen LogP contribution is 2.22. The van der Waals surface area contributed by atoms with E-state index in [1.807, 2.05) is 31.2 Å². The molecule has 152 valence electrons. The lowest BCUT2D eigenvalue weighted by molar-refractivity contribution is -0.132. The van der Waals surface area contributed by atoms with Gasteiger partial charge in [-0.25, -0.2) is 8.42 Å². The van der Waals surface area contributed by atoms with E-state index in [0.29, 0.717) is 42.7 Å². The van der Waals surface area contributed by atoms with Crippen molar-refractivity contribution in [1.82, 2.24) is 9.21 Å². The Kier molecular flexibility index (Phi) is 6.93. The third-order valence-electron chi connectivity index (χ3n) is 4.40. The highest BCUT2D eigenvalue weighted by atomic mass is 32.2. The standard InChI is InChI=1S/C19H24N2O5S2/c1-2-25-16-5-7-17(8-6-16)26-14-9-18(22)20-10-12-21(13-11-20)28(23,24)19-4-3-15-27-19/h3-8,15H,2,9-14H2,1H3. The van der Waals surface area contributed by atoms with Crippen LogP contribution < -0.4 is 9.47 Å². The summed E-state index contributed by atoms with van der Waals surface area (Å²) in [6, 6.07) is 10.6. The average molecular weight is 425 g/mol. The number of ether oxygens (including phenoxy) is 2. The third kappa shape index (κ3) is 5.03. The first-order valence-electron chi connectivity index (χ1n) is 9.18. The average Bonchev–Trinajstić information content (AvgIpc) is 3.25. The molecule has 1 aromatic heterocycles. The number of nitrogens with zero attached hydrogens (tertiary/aromatic N) is 2. The molecule has 0 aliphatic carbocycles. The summed E-state index contributed by atoms with van der Waals surface area (Å²) in [7, 11) is -3.45. The highest BCUT2D eigenvalue weighted by Gasteiger charge is 2.30. The largest absolute Gasteiger partial charge is 0.494 e. The molecule has 3 rings (SSSR count). The van der Waals surface area contributed by atoms with Crippen molar-refractivity contribution in [2.75, 3.05) is 39.4 Å². The van der Waals surface area contributed by atoms with Crippen LogP contribution in [0.1, 0.15) is 13.3 Å². The van der Waals surface area contributed by atoms with Crippen LogP contribution in [0, 0.1) is 0 Å². The van der Waals surface area contributed by atoms with Gasteiger partial charge in [0.2, 0.25) is 5.91 Å². The van der Waals surface area contributed by atoms with Crippen LogP contribution in [0.4, 0.5) is 0 Å². The van der Waals surface area contributed by atoms with Crippen LogP contribution in [0.2, 0.25) is 0 Å². The van der Waals surface area contributed by atoms with Crippen molar-refractivity contribution in [2.24, 2.45) is 0 Å². The number of hydrogen-bond donors (Lipinski definition) is 0. The van der Waals surface area contributed by atoms with Crippen molar-refractivity contribution in [1.29, 1.82) is 0 Å². The zero-order valence-electron chi connectivity index (χ0n) is 15.7. The molecule has 0 radical (unpaired) electrons. The number of carbonyl (C=O) groups excluding carboxylic acids is 1. The van der Waals surface area contributed by atoms with Crippen molar-refractivity contribution in [3.63, 3.8) is 0 Å². The van der Waals surface area contributed by atoms with E-state index in [1.54, 1.807) is 22.4 Å². The predicted molar refractivity (Wildman–Crippen MR) is 107 cm³/mol. The van der Waals surface area contributed by atoms with E-state index >= 15 is 0 Å². The molecule has 0 N–H and O–H groups in total. The molecule has 9 heteroatoms. The van der Waals surface area contributed by atoms with E-state index in [9.17, 15) is 13.2 Å². The Morgan fingerprint density at radius 3 is 2.25 bits per heavy atom. The molecule has 1 saturated heterocycles. The summed E-state index contributed by atoms with van der Waals surface area (Å²) in [5, 5.41) is 1.75. The maximum absolute atomic E-state index is 12.5. The summed E-state index contributed by atoms with van der Waals surface area (Å²) in [5.74, 6) is 1.43. The van der Waals surface area contributed by atoms with Gasteiger partial charge in [-0.2, -0.15) is 4.31 Å². The number of carbonyl (C=O) groups is 1. The minimum absolute atomic E-state index is 0.0286. The molecule has 2 heterocycles. The number of hydrogen-bond acceptors (Lipinski definition) is 6. The van der Waals surface area contributed by atoms with Crippen molar-refractivity contribution in [3.05, 3.63) is 41.8 Å². The fraction of sp³-hybridized carbons (Fsp3) is 0.421. The van der Waals surface area contributed by atoms with Gasteiger partial charge in [-0.15, -0.1) is 11.3 Å². The Balaban J connectivity index is 1.43. The Bertz CT molecular complexity index is 858. The lowest BCUT2D eigenvalue weighted by Crippen LogP contribution is -2.50. The molecule has 28 heavy (non-hydrogen) atoms. The number of benzene rings is 1. The lowest BCUT2D eigenvalue weighted by atomic mass is 10.3. The van der Waals surface area contributed by atoms with E-state index in [1.165, 1.54) is 15.6 Å². The van der Waals surface area contributed by atoms with E-state index in [-0.39, 0.29) is 18.9 Å². The molecule has 7 nitrogen and oxygen atoms in total. The van der Waals surface area contributed by atoms with Gasteiger partial charge >= 0.3 is 0 Å². The molecule has 2 aromatic rings. The Hall–Kier alpha value is -2.10. The van der Waals surface area contributed by atoms with Gasteiger partial charge < -0.3 is 14.4 Å². The number of piperazine rings is 1. The van der Waals surface area contributed by atoms with E-state index in [4.69, 9.17) is 9.47 Å². The first-order valence-corrected chi connectivity index (χ1v) is 11.5. The summed E-state index contributed by atoms with van der Waals surface area (Å²) in [6.07, 6.45) is 0.255. The van der Waals surface area contributed by atoms with Gasteiger partial charge in [0, 0.05) is 26.2 Å². The second kappa shape index (κ2) is 9.40. The van der Waals surface area contributed by atoms with Gasteiger partial charge in [0.05, 0.1) is 19.6 Å². The van der Waals surface area contributed by atoms with E-state index in [2.05, 4.69) is 0 Å². The predicted octanol–water partition coefficient (Wildman–Crippen LogP) is 2.45. The van der Waals surface area contributed by atoms with Crippen LogP contribution >= 0.6 is 11.3 Å².